The normalized spacial score (nSPS) is 16.7. The van der Waals surface area contributed by atoms with Gasteiger partial charge in [-0.3, -0.25) is 4.79 Å². The summed E-state index contributed by atoms with van der Waals surface area (Å²) in [6, 6.07) is 3.48. The van der Waals surface area contributed by atoms with E-state index in [0.717, 1.165) is 11.1 Å². The fraction of sp³-hybridized carbons (Fsp3) is 0.632. The van der Waals surface area contributed by atoms with Crippen molar-refractivity contribution in [2.45, 2.75) is 57.9 Å². The lowest BCUT2D eigenvalue weighted by molar-refractivity contribution is -0.122. The van der Waals surface area contributed by atoms with Crippen LogP contribution in [-0.2, 0) is 14.8 Å². The number of methoxy groups -OCH3 is 1. The number of nitrogens with zero attached hydrogens (tertiary/aromatic N) is 1. The molecule has 0 saturated carbocycles. The quantitative estimate of drug-likeness (QED) is 0.821. The molecule has 0 aliphatic carbocycles. The summed E-state index contributed by atoms with van der Waals surface area (Å²) in [7, 11) is -2.13. The number of carbonyl (C=O) groups excluding carboxylic acids is 1. The Morgan fingerprint density at radius 1 is 1.23 bits per heavy atom. The first-order chi connectivity index (χ1) is 12.1. The van der Waals surface area contributed by atoms with E-state index in [-0.39, 0.29) is 16.8 Å². The Kier molecular flexibility index (Phi) is 6.69. The Bertz CT molecular complexity index is 751. The highest BCUT2D eigenvalue weighted by atomic mass is 32.2. The lowest BCUT2D eigenvalue weighted by atomic mass is 10.1. The van der Waals surface area contributed by atoms with Gasteiger partial charge >= 0.3 is 0 Å². The molecule has 0 bridgehead atoms. The van der Waals surface area contributed by atoms with Crippen LogP contribution in [0.15, 0.2) is 17.0 Å². The maximum Gasteiger partial charge on any atom is 0.246 e. The summed E-state index contributed by atoms with van der Waals surface area (Å²) in [6.07, 6.45) is 1.74. The topological polar surface area (TPSA) is 75.7 Å². The van der Waals surface area contributed by atoms with E-state index in [2.05, 4.69) is 5.32 Å². The van der Waals surface area contributed by atoms with E-state index in [1.165, 1.54) is 11.4 Å². The molecule has 6 nitrogen and oxygen atoms in total. The highest BCUT2D eigenvalue weighted by Gasteiger charge is 2.32. The van der Waals surface area contributed by atoms with Gasteiger partial charge in [0.05, 0.1) is 7.11 Å². The number of benzene rings is 1. The fourth-order valence-electron chi connectivity index (χ4n) is 3.16. The third-order valence-corrected chi connectivity index (χ3v) is 6.73. The first-order valence-corrected chi connectivity index (χ1v) is 10.5. The largest absolute Gasteiger partial charge is 0.495 e. The van der Waals surface area contributed by atoms with Crippen LogP contribution in [0.5, 0.6) is 5.75 Å². The zero-order valence-corrected chi connectivity index (χ0v) is 17.1. The maximum absolute atomic E-state index is 13.1. The predicted molar refractivity (Wildman–Crippen MR) is 102 cm³/mol. The van der Waals surface area contributed by atoms with E-state index in [1.54, 1.807) is 12.1 Å². The third-order valence-electron chi connectivity index (χ3n) is 4.81. The number of rotatable bonds is 6. The monoisotopic (exact) mass is 382 g/mol. The molecular formula is C19H30N2O4S. The lowest BCUT2D eigenvalue weighted by Gasteiger charge is -2.32. The number of carbonyl (C=O) groups is 1. The number of hydrogen-bond acceptors (Lipinski definition) is 4. The number of amides is 1. The number of piperidine rings is 1. The molecule has 1 aromatic carbocycles. The van der Waals surface area contributed by atoms with Crippen molar-refractivity contribution in [1.82, 2.24) is 9.62 Å². The minimum atomic E-state index is -3.62. The van der Waals surface area contributed by atoms with Crippen LogP contribution in [0.1, 0.15) is 44.2 Å². The van der Waals surface area contributed by atoms with Crippen molar-refractivity contribution in [3.8, 4) is 5.75 Å². The van der Waals surface area contributed by atoms with Crippen molar-refractivity contribution in [1.29, 1.82) is 0 Å². The van der Waals surface area contributed by atoms with Crippen LogP contribution in [-0.4, -0.2) is 44.9 Å². The van der Waals surface area contributed by atoms with Gasteiger partial charge in [0.25, 0.3) is 0 Å². The third kappa shape index (κ3) is 4.76. The average Bonchev–Trinajstić information content (AvgIpc) is 2.56. The molecule has 0 unspecified atom stereocenters. The fourth-order valence-corrected chi connectivity index (χ4v) is 4.85. The van der Waals surface area contributed by atoms with E-state index in [1.807, 2.05) is 27.7 Å². The number of nitrogens with one attached hydrogen (secondary N) is 1. The van der Waals surface area contributed by atoms with Gasteiger partial charge in [-0.2, -0.15) is 4.31 Å². The van der Waals surface area contributed by atoms with E-state index in [9.17, 15) is 13.2 Å². The molecule has 1 aliphatic heterocycles. The number of aryl methyl sites for hydroxylation is 2. The molecule has 1 N–H and O–H groups in total. The molecule has 0 atom stereocenters. The molecule has 1 saturated heterocycles. The Morgan fingerprint density at radius 2 is 1.81 bits per heavy atom. The van der Waals surface area contributed by atoms with Crippen molar-refractivity contribution >= 4 is 15.9 Å². The molecule has 26 heavy (non-hydrogen) atoms. The van der Waals surface area contributed by atoms with Crippen LogP contribution in [0.25, 0.3) is 0 Å². The van der Waals surface area contributed by atoms with Gasteiger partial charge in [0, 0.05) is 25.6 Å². The summed E-state index contributed by atoms with van der Waals surface area (Å²) in [5.41, 5.74) is 1.91. The van der Waals surface area contributed by atoms with Crippen LogP contribution < -0.4 is 10.1 Å². The summed E-state index contributed by atoms with van der Waals surface area (Å²) in [5.74, 6) is 0.727. The lowest BCUT2D eigenvalue weighted by Crippen LogP contribution is -2.46. The van der Waals surface area contributed by atoms with Gasteiger partial charge in [-0.15, -0.1) is 0 Å². The van der Waals surface area contributed by atoms with Gasteiger partial charge in [-0.1, -0.05) is 13.8 Å². The first kappa shape index (κ1) is 20.7. The molecular weight excluding hydrogens is 352 g/mol. The SMILES string of the molecule is COc1cc(C)c(C)cc1S(=O)(=O)N1CCC(NC(=O)CC(C)C)CC1. The Hall–Kier alpha value is -1.60. The second-order valence-electron chi connectivity index (χ2n) is 7.43. The van der Waals surface area contributed by atoms with Crippen molar-refractivity contribution in [3.63, 3.8) is 0 Å². The molecule has 1 amide bonds. The molecule has 0 spiro atoms. The molecule has 7 heteroatoms. The van der Waals surface area contributed by atoms with Crippen molar-refractivity contribution in [2.75, 3.05) is 20.2 Å². The number of ether oxygens (including phenoxy) is 1. The van der Waals surface area contributed by atoms with E-state index < -0.39 is 10.0 Å². The van der Waals surface area contributed by atoms with Gasteiger partial charge in [-0.05, 0) is 55.9 Å². The molecule has 1 aliphatic rings. The highest BCUT2D eigenvalue weighted by Crippen LogP contribution is 2.31. The minimum Gasteiger partial charge on any atom is -0.495 e. The molecule has 146 valence electrons. The summed E-state index contributed by atoms with van der Waals surface area (Å²) in [6.45, 7) is 8.62. The van der Waals surface area contributed by atoms with Gasteiger partial charge in [0.15, 0.2) is 0 Å². The highest BCUT2D eigenvalue weighted by molar-refractivity contribution is 7.89. The Balaban J connectivity index is 2.09. The maximum atomic E-state index is 13.1. The van der Waals surface area contributed by atoms with Crippen LogP contribution in [0, 0.1) is 19.8 Å². The molecule has 0 radical (unpaired) electrons. The van der Waals surface area contributed by atoms with Crippen LogP contribution in [0.4, 0.5) is 0 Å². The standard InChI is InChI=1S/C19H30N2O4S/c1-13(2)10-19(22)20-16-6-8-21(9-7-16)26(23,24)18-12-15(4)14(3)11-17(18)25-5/h11-13,16H,6-10H2,1-5H3,(H,20,22). The van der Waals surface area contributed by atoms with E-state index >= 15 is 0 Å². The summed E-state index contributed by atoms with van der Waals surface area (Å²) < 4.78 is 32.9. The Labute approximate surface area is 157 Å². The van der Waals surface area contributed by atoms with Crippen molar-refractivity contribution in [3.05, 3.63) is 23.3 Å². The second kappa shape index (κ2) is 8.39. The smallest absolute Gasteiger partial charge is 0.246 e. The van der Waals surface area contributed by atoms with Gasteiger partial charge in [-0.25, -0.2) is 8.42 Å². The first-order valence-electron chi connectivity index (χ1n) is 9.10. The number of hydrogen-bond donors (Lipinski definition) is 1. The predicted octanol–water partition coefficient (Wildman–Crippen LogP) is 2.63. The molecule has 1 heterocycles. The van der Waals surface area contributed by atoms with Crippen LogP contribution in [0.2, 0.25) is 0 Å². The van der Waals surface area contributed by atoms with Crippen molar-refractivity contribution in [2.24, 2.45) is 5.92 Å². The van der Waals surface area contributed by atoms with Gasteiger partial charge < -0.3 is 10.1 Å². The van der Waals surface area contributed by atoms with E-state index in [0.29, 0.717) is 44.0 Å². The summed E-state index contributed by atoms with van der Waals surface area (Å²) >= 11 is 0. The summed E-state index contributed by atoms with van der Waals surface area (Å²) in [5, 5.41) is 3.02. The average molecular weight is 383 g/mol. The summed E-state index contributed by atoms with van der Waals surface area (Å²) in [4.78, 5) is 12.1. The molecule has 0 aromatic heterocycles. The van der Waals surface area contributed by atoms with Crippen LogP contribution in [0.3, 0.4) is 0 Å². The van der Waals surface area contributed by atoms with Crippen molar-refractivity contribution < 1.29 is 17.9 Å². The van der Waals surface area contributed by atoms with Gasteiger partial charge in [0.1, 0.15) is 10.6 Å². The second-order valence-corrected chi connectivity index (χ2v) is 9.34. The minimum absolute atomic E-state index is 0.0364. The van der Waals surface area contributed by atoms with E-state index in [4.69, 9.17) is 4.74 Å². The van der Waals surface area contributed by atoms with Gasteiger partial charge in [0.2, 0.25) is 15.9 Å². The molecule has 1 aromatic rings. The van der Waals surface area contributed by atoms with Crippen LogP contribution >= 0.6 is 0 Å². The zero-order chi connectivity index (χ0) is 19.5. The molecule has 1 fully saturated rings. The molecule has 2 rings (SSSR count). The Morgan fingerprint density at radius 3 is 2.35 bits per heavy atom. The number of sulfonamides is 1. The zero-order valence-electron chi connectivity index (χ0n) is 16.3.